The summed E-state index contributed by atoms with van der Waals surface area (Å²) in [6.07, 6.45) is 1.61. The maximum Gasteiger partial charge on any atom is 0.337 e. The summed E-state index contributed by atoms with van der Waals surface area (Å²) in [6, 6.07) is 18.5. The van der Waals surface area contributed by atoms with E-state index in [0.29, 0.717) is 6.54 Å². The van der Waals surface area contributed by atoms with Crippen molar-refractivity contribution < 1.29 is 14.7 Å². The van der Waals surface area contributed by atoms with Gasteiger partial charge in [0, 0.05) is 6.20 Å². The summed E-state index contributed by atoms with van der Waals surface area (Å²) < 4.78 is 1.44. The zero-order chi connectivity index (χ0) is 18.5. The van der Waals surface area contributed by atoms with Crippen molar-refractivity contribution in [2.75, 3.05) is 5.32 Å². The molecule has 3 rings (SSSR count). The van der Waals surface area contributed by atoms with E-state index in [9.17, 15) is 19.5 Å². The first-order valence-corrected chi connectivity index (χ1v) is 7.93. The quantitative estimate of drug-likeness (QED) is 0.742. The van der Waals surface area contributed by atoms with E-state index in [1.54, 1.807) is 24.4 Å². The Kier molecular flexibility index (Phi) is 4.94. The lowest BCUT2D eigenvalue weighted by Gasteiger charge is -2.10. The van der Waals surface area contributed by atoms with Crippen LogP contribution in [0.2, 0.25) is 0 Å². The summed E-state index contributed by atoms with van der Waals surface area (Å²) in [5.74, 6) is -1.80. The molecule has 0 radical (unpaired) electrons. The highest BCUT2D eigenvalue weighted by molar-refractivity contribution is 6.07. The number of aromatic nitrogens is 1. The molecule has 1 aromatic heterocycles. The number of nitrogens with one attached hydrogen (secondary N) is 1. The summed E-state index contributed by atoms with van der Waals surface area (Å²) >= 11 is 0. The lowest BCUT2D eigenvalue weighted by molar-refractivity contribution is 0.0698. The van der Waals surface area contributed by atoms with Gasteiger partial charge in [0.15, 0.2) is 0 Å². The van der Waals surface area contributed by atoms with Crippen molar-refractivity contribution in [1.29, 1.82) is 0 Å². The SMILES string of the molecule is O=C(O)c1ccccc1NC(=O)c1cccn(Cc2ccccc2)c1=O. The van der Waals surface area contributed by atoms with Crippen LogP contribution in [0, 0.1) is 0 Å². The molecular formula is C20H16N2O4. The van der Waals surface area contributed by atoms with Crippen LogP contribution in [0.3, 0.4) is 0 Å². The summed E-state index contributed by atoms with van der Waals surface area (Å²) in [7, 11) is 0. The highest BCUT2D eigenvalue weighted by Crippen LogP contribution is 2.15. The number of carboxylic acids is 1. The Bertz CT molecular complexity index is 1010. The molecule has 6 nitrogen and oxygen atoms in total. The number of anilines is 1. The second-order valence-electron chi connectivity index (χ2n) is 5.65. The molecule has 0 unspecified atom stereocenters. The molecule has 2 N–H and O–H groups in total. The average Bonchev–Trinajstić information content (AvgIpc) is 2.64. The second kappa shape index (κ2) is 7.48. The van der Waals surface area contributed by atoms with Gasteiger partial charge >= 0.3 is 5.97 Å². The Hall–Kier alpha value is -3.67. The monoisotopic (exact) mass is 348 g/mol. The van der Waals surface area contributed by atoms with Gasteiger partial charge in [0.1, 0.15) is 5.56 Å². The molecule has 3 aromatic rings. The summed E-state index contributed by atoms with van der Waals surface area (Å²) in [6.45, 7) is 0.340. The molecule has 1 amide bonds. The van der Waals surface area contributed by atoms with Crippen molar-refractivity contribution >= 4 is 17.6 Å². The van der Waals surface area contributed by atoms with Crippen molar-refractivity contribution in [3.8, 4) is 0 Å². The number of amides is 1. The van der Waals surface area contributed by atoms with Gasteiger partial charge in [-0.15, -0.1) is 0 Å². The van der Waals surface area contributed by atoms with Crippen LogP contribution in [-0.2, 0) is 6.54 Å². The van der Waals surface area contributed by atoms with Crippen LogP contribution in [0.25, 0.3) is 0 Å². The van der Waals surface area contributed by atoms with E-state index in [2.05, 4.69) is 5.32 Å². The minimum atomic E-state index is -1.16. The summed E-state index contributed by atoms with van der Waals surface area (Å²) in [4.78, 5) is 36.4. The van der Waals surface area contributed by atoms with Crippen LogP contribution in [0.1, 0.15) is 26.3 Å². The Balaban J connectivity index is 1.88. The number of hydrogen-bond donors (Lipinski definition) is 2. The number of carbonyl (C=O) groups excluding carboxylic acids is 1. The third-order valence-corrected chi connectivity index (χ3v) is 3.87. The standard InChI is InChI=1S/C20H16N2O4/c23-18(21-17-11-5-4-9-15(17)20(25)26)16-10-6-12-22(19(16)24)13-14-7-2-1-3-8-14/h1-12H,13H2,(H,21,23)(H,25,26). The lowest BCUT2D eigenvalue weighted by Crippen LogP contribution is -2.29. The first kappa shape index (κ1) is 17.2. The third-order valence-electron chi connectivity index (χ3n) is 3.87. The number of hydrogen-bond acceptors (Lipinski definition) is 3. The van der Waals surface area contributed by atoms with E-state index in [1.165, 1.54) is 22.8 Å². The molecule has 26 heavy (non-hydrogen) atoms. The minimum absolute atomic E-state index is 0.0404. The maximum absolute atomic E-state index is 12.6. The molecule has 0 atom stereocenters. The van der Waals surface area contributed by atoms with E-state index in [-0.39, 0.29) is 16.8 Å². The van der Waals surface area contributed by atoms with Crippen molar-refractivity contribution in [1.82, 2.24) is 4.57 Å². The second-order valence-corrected chi connectivity index (χ2v) is 5.65. The molecule has 2 aromatic carbocycles. The van der Waals surface area contributed by atoms with Gasteiger partial charge in [0.2, 0.25) is 0 Å². The zero-order valence-electron chi connectivity index (χ0n) is 13.8. The first-order chi connectivity index (χ1) is 12.6. The highest BCUT2D eigenvalue weighted by atomic mass is 16.4. The number of rotatable bonds is 5. The number of carboxylic acid groups (broad SMARTS) is 1. The Labute approximate surface area is 149 Å². The van der Waals surface area contributed by atoms with Crippen molar-refractivity contribution in [2.45, 2.75) is 6.54 Å². The van der Waals surface area contributed by atoms with E-state index < -0.39 is 17.4 Å². The molecule has 0 bridgehead atoms. The Morgan fingerprint density at radius 3 is 2.27 bits per heavy atom. The van der Waals surface area contributed by atoms with E-state index in [4.69, 9.17) is 0 Å². The summed E-state index contributed by atoms with van der Waals surface area (Å²) in [5, 5.41) is 11.7. The molecule has 0 saturated carbocycles. The van der Waals surface area contributed by atoms with E-state index in [1.807, 2.05) is 30.3 Å². The number of pyridine rings is 1. The normalized spacial score (nSPS) is 10.3. The molecule has 6 heteroatoms. The van der Waals surface area contributed by atoms with Crippen molar-refractivity contribution in [3.63, 3.8) is 0 Å². The molecular weight excluding hydrogens is 332 g/mol. The van der Waals surface area contributed by atoms with Crippen LogP contribution >= 0.6 is 0 Å². The summed E-state index contributed by atoms with van der Waals surface area (Å²) in [5.41, 5.74) is 0.540. The van der Waals surface area contributed by atoms with Crippen LogP contribution in [0.4, 0.5) is 5.69 Å². The zero-order valence-corrected chi connectivity index (χ0v) is 13.8. The van der Waals surface area contributed by atoms with Gasteiger partial charge in [-0.3, -0.25) is 9.59 Å². The van der Waals surface area contributed by atoms with Gasteiger partial charge in [-0.25, -0.2) is 4.79 Å². The topological polar surface area (TPSA) is 88.4 Å². The van der Waals surface area contributed by atoms with Crippen LogP contribution in [0.15, 0.2) is 77.7 Å². The number of carbonyl (C=O) groups is 2. The fourth-order valence-corrected chi connectivity index (χ4v) is 2.58. The third kappa shape index (κ3) is 3.70. The number of nitrogens with zero attached hydrogens (tertiary/aromatic N) is 1. The number of aromatic carboxylic acids is 1. The fourth-order valence-electron chi connectivity index (χ4n) is 2.58. The van der Waals surface area contributed by atoms with Gasteiger partial charge in [-0.1, -0.05) is 42.5 Å². The smallest absolute Gasteiger partial charge is 0.337 e. The maximum atomic E-state index is 12.6. The molecule has 0 spiro atoms. The van der Waals surface area contributed by atoms with Crippen LogP contribution < -0.4 is 10.9 Å². The molecule has 130 valence electrons. The number of benzene rings is 2. The number of para-hydroxylation sites is 1. The van der Waals surface area contributed by atoms with Crippen LogP contribution in [0.5, 0.6) is 0 Å². The van der Waals surface area contributed by atoms with Crippen molar-refractivity contribution in [3.05, 3.63) is 100.0 Å². The van der Waals surface area contributed by atoms with Gasteiger partial charge < -0.3 is 15.0 Å². The lowest BCUT2D eigenvalue weighted by atomic mass is 10.1. The van der Waals surface area contributed by atoms with Gasteiger partial charge in [0.25, 0.3) is 11.5 Å². The average molecular weight is 348 g/mol. The Morgan fingerprint density at radius 1 is 0.885 bits per heavy atom. The minimum Gasteiger partial charge on any atom is -0.478 e. The van der Waals surface area contributed by atoms with Gasteiger partial charge in [-0.05, 0) is 29.8 Å². The van der Waals surface area contributed by atoms with Gasteiger partial charge in [0.05, 0.1) is 17.8 Å². The van der Waals surface area contributed by atoms with E-state index >= 15 is 0 Å². The largest absolute Gasteiger partial charge is 0.478 e. The van der Waals surface area contributed by atoms with E-state index in [0.717, 1.165) is 5.56 Å². The predicted molar refractivity (Wildman–Crippen MR) is 97.6 cm³/mol. The predicted octanol–water partition coefficient (Wildman–Crippen LogP) is 2.85. The van der Waals surface area contributed by atoms with Crippen molar-refractivity contribution in [2.24, 2.45) is 0 Å². The molecule has 0 aliphatic carbocycles. The van der Waals surface area contributed by atoms with Gasteiger partial charge in [-0.2, -0.15) is 0 Å². The molecule has 0 aliphatic rings. The molecule has 0 aliphatic heterocycles. The fraction of sp³-hybridized carbons (Fsp3) is 0.0500. The Morgan fingerprint density at radius 2 is 1.54 bits per heavy atom. The molecule has 1 heterocycles. The highest BCUT2D eigenvalue weighted by Gasteiger charge is 2.16. The molecule has 0 saturated heterocycles. The molecule has 0 fully saturated rings. The first-order valence-electron chi connectivity index (χ1n) is 7.93. The van der Waals surface area contributed by atoms with Crippen LogP contribution in [-0.4, -0.2) is 21.6 Å².